The van der Waals surface area contributed by atoms with Crippen LogP contribution >= 0.6 is 11.6 Å². The van der Waals surface area contributed by atoms with Gasteiger partial charge >= 0.3 is 0 Å². The molecule has 1 atom stereocenters. The molecular weight excluding hydrogens is 345 g/mol. The first-order valence-corrected chi connectivity index (χ1v) is 8.70. The maximum Gasteiger partial charge on any atom is 0.275 e. The van der Waals surface area contributed by atoms with Gasteiger partial charge in [-0.25, -0.2) is 4.39 Å². The molecule has 1 amide bonds. The first-order valence-electron chi connectivity index (χ1n) is 8.32. The summed E-state index contributed by atoms with van der Waals surface area (Å²) < 4.78 is 20.3. The number of hydrogen-bond donors (Lipinski definition) is 0. The highest BCUT2D eigenvalue weighted by molar-refractivity contribution is 6.34. The van der Waals surface area contributed by atoms with Crippen molar-refractivity contribution in [3.05, 3.63) is 46.5 Å². The Hall–Kier alpha value is -2.08. The van der Waals surface area contributed by atoms with Crippen LogP contribution in [-0.4, -0.2) is 40.3 Å². The van der Waals surface area contributed by atoms with E-state index in [0.717, 1.165) is 18.5 Å². The number of amides is 1. The van der Waals surface area contributed by atoms with Crippen LogP contribution in [0.4, 0.5) is 4.39 Å². The summed E-state index contributed by atoms with van der Waals surface area (Å²) in [5, 5.41) is 4.65. The SMILES string of the molecule is Cc1c(Cl)c(C(=O)N2CCCC(COc3ccc(F)cc3)C2)nn1C. The van der Waals surface area contributed by atoms with Gasteiger partial charge in [-0.05, 0) is 44.0 Å². The van der Waals surface area contributed by atoms with E-state index in [1.165, 1.54) is 12.1 Å². The minimum absolute atomic E-state index is 0.139. The molecule has 1 aliphatic rings. The molecule has 1 saturated heterocycles. The third-order valence-corrected chi connectivity index (χ3v) is 5.02. The zero-order valence-corrected chi connectivity index (χ0v) is 15.1. The second-order valence-electron chi connectivity index (χ2n) is 6.40. The molecule has 134 valence electrons. The molecule has 7 heteroatoms. The van der Waals surface area contributed by atoms with Gasteiger partial charge in [-0.3, -0.25) is 9.48 Å². The predicted molar refractivity (Wildman–Crippen MR) is 93.5 cm³/mol. The van der Waals surface area contributed by atoms with Crippen molar-refractivity contribution >= 4 is 17.5 Å². The summed E-state index contributed by atoms with van der Waals surface area (Å²) in [5.74, 6) is 0.434. The normalized spacial score (nSPS) is 17.6. The van der Waals surface area contributed by atoms with Gasteiger partial charge in [-0.1, -0.05) is 11.6 Å². The summed E-state index contributed by atoms with van der Waals surface area (Å²) in [4.78, 5) is 14.5. The summed E-state index contributed by atoms with van der Waals surface area (Å²) in [6.45, 7) is 3.62. The lowest BCUT2D eigenvalue weighted by molar-refractivity contribution is 0.0627. The van der Waals surface area contributed by atoms with Gasteiger partial charge in [0.2, 0.25) is 0 Å². The van der Waals surface area contributed by atoms with Crippen molar-refractivity contribution < 1.29 is 13.9 Å². The number of carbonyl (C=O) groups excluding carboxylic acids is 1. The second-order valence-corrected chi connectivity index (χ2v) is 6.77. The molecule has 5 nitrogen and oxygen atoms in total. The van der Waals surface area contributed by atoms with Crippen molar-refractivity contribution in [1.82, 2.24) is 14.7 Å². The van der Waals surface area contributed by atoms with Gasteiger partial charge < -0.3 is 9.64 Å². The summed E-state index contributed by atoms with van der Waals surface area (Å²) in [6.07, 6.45) is 1.90. The number of carbonyl (C=O) groups is 1. The molecule has 0 bridgehead atoms. The predicted octanol–water partition coefficient (Wildman–Crippen LogP) is 3.45. The molecule has 0 N–H and O–H groups in total. The molecule has 1 aromatic carbocycles. The number of nitrogens with zero attached hydrogens (tertiary/aromatic N) is 3. The maximum atomic E-state index is 12.9. The average Bonchev–Trinajstić information content (AvgIpc) is 2.88. The van der Waals surface area contributed by atoms with Crippen molar-refractivity contribution in [2.75, 3.05) is 19.7 Å². The van der Waals surface area contributed by atoms with Crippen molar-refractivity contribution in [2.24, 2.45) is 13.0 Å². The van der Waals surface area contributed by atoms with Crippen molar-refractivity contribution in [3.63, 3.8) is 0 Å². The Bertz CT molecular complexity index is 760. The fourth-order valence-electron chi connectivity index (χ4n) is 3.00. The van der Waals surface area contributed by atoms with Crippen LogP contribution in [0.15, 0.2) is 24.3 Å². The molecule has 3 rings (SSSR count). The number of aryl methyl sites for hydroxylation is 1. The third kappa shape index (κ3) is 3.95. The van der Waals surface area contributed by atoms with E-state index in [0.29, 0.717) is 36.2 Å². The summed E-state index contributed by atoms with van der Waals surface area (Å²) >= 11 is 6.23. The van der Waals surface area contributed by atoms with Gasteiger partial charge in [0, 0.05) is 26.1 Å². The molecule has 25 heavy (non-hydrogen) atoms. The Morgan fingerprint density at radius 3 is 2.76 bits per heavy atom. The van der Waals surface area contributed by atoms with E-state index in [-0.39, 0.29) is 17.6 Å². The molecule has 1 aromatic heterocycles. The number of hydrogen-bond acceptors (Lipinski definition) is 3. The van der Waals surface area contributed by atoms with Crippen LogP contribution in [0.25, 0.3) is 0 Å². The van der Waals surface area contributed by atoms with Crippen LogP contribution in [-0.2, 0) is 7.05 Å². The first-order chi connectivity index (χ1) is 12.0. The number of piperidine rings is 1. The van der Waals surface area contributed by atoms with Gasteiger partial charge in [-0.2, -0.15) is 5.10 Å². The minimum Gasteiger partial charge on any atom is -0.493 e. The van der Waals surface area contributed by atoms with E-state index in [4.69, 9.17) is 16.3 Å². The van der Waals surface area contributed by atoms with Crippen LogP contribution in [0.3, 0.4) is 0 Å². The Kier molecular flexibility index (Phi) is 5.27. The molecular formula is C18H21ClFN3O2. The highest BCUT2D eigenvalue weighted by atomic mass is 35.5. The van der Waals surface area contributed by atoms with Crippen LogP contribution in [0.2, 0.25) is 5.02 Å². The van der Waals surface area contributed by atoms with E-state index in [1.807, 2.05) is 6.92 Å². The van der Waals surface area contributed by atoms with E-state index in [9.17, 15) is 9.18 Å². The fourth-order valence-corrected chi connectivity index (χ4v) is 3.24. The van der Waals surface area contributed by atoms with Gasteiger partial charge in [0.15, 0.2) is 5.69 Å². The van der Waals surface area contributed by atoms with Gasteiger partial charge in [0.05, 0.1) is 17.3 Å². The molecule has 0 saturated carbocycles. The number of benzene rings is 1. The fraction of sp³-hybridized carbons (Fsp3) is 0.444. The molecule has 2 aromatic rings. The lowest BCUT2D eigenvalue weighted by Crippen LogP contribution is -2.41. The number of aromatic nitrogens is 2. The van der Waals surface area contributed by atoms with Crippen LogP contribution < -0.4 is 4.74 Å². The summed E-state index contributed by atoms with van der Waals surface area (Å²) in [5.41, 5.74) is 1.08. The van der Waals surface area contributed by atoms with Crippen LogP contribution in [0, 0.1) is 18.7 Å². The molecule has 1 fully saturated rings. The van der Waals surface area contributed by atoms with E-state index < -0.39 is 0 Å². The number of likely N-dealkylation sites (tertiary alicyclic amines) is 1. The van der Waals surface area contributed by atoms with Gasteiger partial charge in [0.1, 0.15) is 11.6 Å². The standard InChI is InChI=1S/C18H21ClFN3O2/c1-12-16(19)17(21-22(12)2)18(24)23-9-3-4-13(10-23)11-25-15-7-5-14(20)6-8-15/h5-8,13H,3-4,9-11H2,1-2H3. The minimum atomic E-state index is -0.288. The molecule has 0 aliphatic carbocycles. The summed E-state index contributed by atoms with van der Waals surface area (Å²) in [6, 6.07) is 5.96. The molecule has 0 radical (unpaired) electrons. The number of ether oxygens (including phenoxy) is 1. The largest absolute Gasteiger partial charge is 0.493 e. The quantitative estimate of drug-likeness (QED) is 0.833. The Morgan fingerprint density at radius 2 is 2.12 bits per heavy atom. The van der Waals surface area contributed by atoms with Crippen LogP contribution in [0.5, 0.6) is 5.75 Å². The van der Waals surface area contributed by atoms with E-state index >= 15 is 0 Å². The van der Waals surface area contributed by atoms with Gasteiger partial charge in [-0.15, -0.1) is 0 Å². The monoisotopic (exact) mass is 365 g/mol. The molecule has 0 spiro atoms. The average molecular weight is 366 g/mol. The maximum absolute atomic E-state index is 12.9. The van der Waals surface area contributed by atoms with Crippen molar-refractivity contribution in [3.8, 4) is 5.75 Å². The Morgan fingerprint density at radius 1 is 1.40 bits per heavy atom. The number of rotatable bonds is 4. The smallest absolute Gasteiger partial charge is 0.275 e. The van der Waals surface area contributed by atoms with Crippen molar-refractivity contribution in [2.45, 2.75) is 19.8 Å². The van der Waals surface area contributed by atoms with Gasteiger partial charge in [0.25, 0.3) is 5.91 Å². The summed E-state index contributed by atoms with van der Waals surface area (Å²) in [7, 11) is 1.77. The Labute approximate surface area is 151 Å². The highest BCUT2D eigenvalue weighted by Gasteiger charge is 2.28. The topological polar surface area (TPSA) is 47.4 Å². The zero-order chi connectivity index (χ0) is 18.0. The van der Waals surface area contributed by atoms with Crippen LogP contribution in [0.1, 0.15) is 29.0 Å². The molecule has 2 heterocycles. The number of halogens is 2. The first kappa shape index (κ1) is 17.7. The lowest BCUT2D eigenvalue weighted by Gasteiger charge is -2.32. The van der Waals surface area contributed by atoms with E-state index in [1.54, 1.807) is 28.8 Å². The Balaban J connectivity index is 1.61. The lowest BCUT2D eigenvalue weighted by atomic mass is 9.98. The highest BCUT2D eigenvalue weighted by Crippen LogP contribution is 2.24. The third-order valence-electron chi connectivity index (χ3n) is 4.57. The van der Waals surface area contributed by atoms with Crippen molar-refractivity contribution in [1.29, 1.82) is 0 Å². The van der Waals surface area contributed by atoms with E-state index in [2.05, 4.69) is 5.10 Å². The molecule has 1 aliphatic heterocycles. The second kappa shape index (κ2) is 7.44. The molecule has 1 unspecified atom stereocenters. The zero-order valence-electron chi connectivity index (χ0n) is 14.3.